The van der Waals surface area contributed by atoms with Gasteiger partial charge in [0.2, 0.25) is 5.91 Å². The predicted molar refractivity (Wildman–Crippen MR) is 80.3 cm³/mol. The lowest BCUT2D eigenvalue weighted by Crippen LogP contribution is -2.45. The average molecular weight is 343 g/mol. The van der Waals surface area contributed by atoms with Gasteiger partial charge >= 0.3 is 0 Å². The molecule has 0 heterocycles. The molecule has 1 aromatic rings. The van der Waals surface area contributed by atoms with E-state index in [1.165, 1.54) is 0 Å². The molecule has 110 valence electrons. The van der Waals surface area contributed by atoms with E-state index in [4.69, 9.17) is 5.11 Å². The summed E-state index contributed by atoms with van der Waals surface area (Å²) in [5.41, 5.74) is 0.475. The number of nitrogens with one attached hydrogen (secondary N) is 2. The molecule has 1 aromatic carbocycles. The van der Waals surface area contributed by atoms with Gasteiger partial charge in [-0.05, 0) is 34.0 Å². The summed E-state index contributed by atoms with van der Waals surface area (Å²) in [5.74, 6) is -0.515. The molecule has 0 aliphatic heterocycles. The van der Waals surface area contributed by atoms with E-state index in [-0.39, 0.29) is 36.9 Å². The van der Waals surface area contributed by atoms with E-state index >= 15 is 0 Å². The highest BCUT2D eigenvalue weighted by Crippen LogP contribution is 2.15. The molecular weight excluding hydrogens is 324 g/mol. The van der Waals surface area contributed by atoms with Crippen molar-refractivity contribution in [3.05, 3.63) is 34.3 Å². The van der Waals surface area contributed by atoms with Gasteiger partial charge in [-0.3, -0.25) is 9.59 Å². The molecule has 0 unspecified atom stereocenters. The van der Waals surface area contributed by atoms with Crippen LogP contribution < -0.4 is 10.6 Å². The van der Waals surface area contributed by atoms with Crippen LogP contribution in [-0.2, 0) is 4.79 Å². The lowest BCUT2D eigenvalue weighted by Gasteiger charge is -2.20. The number of amides is 2. The summed E-state index contributed by atoms with van der Waals surface area (Å²) in [4.78, 5) is 23.6. The molecule has 5 nitrogen and oxygen atoms in total. The lowest BCUT2D eigenvalue weighted by molar-refractivity contribution is -0.121. The first-order valence-electron chi connectivity index (χ1n) is 6.38. The Morgan fingerprint density at radius 2 is 1.95 bits per heavy atom. The molecule has 20 heavy (non-hydrogen) atoms. The first-order valence-corrected chi connectivity index (χ1v) is 7.18. The Balaban J connectivity index is 2.49. The van der Waals surface area contributed by atoms with Gasteiger partial charge in [-0.2, -0.15) is 0 Å². The molecule has 0 saturated carbocycles. The van der Waals surface area contributed by atoms with Crippen molar-refractivity contribution in [1.29, 1.82) is 0 Å². The topological polar surface area (TPSA) is 78.4 Å². The van der Waals surface area contributed by atoms with Crippen molar-refractivity contribution in [1.82, 2.24) is 10.6 Å². The molecule has 0 aliphatic carbocycles. The minimum absolute atomic E-state index is 0.122. The van der Waals surface area contributed by atoms with E-state index in [0.29, 0.717) is 10.0 Å². The SMILES string of the molecule is CC(C)[C@@H](CO)NC(=O)CNC(=O)c1ccccc1Br. The van der Waals surface area contributed by atoms with Crippen LogP contribution in [0.15, 0.2) is 28.7 Å². The highest BCUT2D eigenvalue weighted by molar-refractivity contribution is 9.10. The van der Waals surface area contributed by atoms with Crippen LogP contribution in [0, 0.1) is 5.92 Å². The predicted octanol–water partition coefficient (Wildman–Crippen LogP) is 1.31. The summed E-state index contributed by atoms with van der Waals surface area (Å²) in [5, 5.41) is 14.3. The number of hydrogen-bond donors (Lipinski definition) is 3. The van der Waals surface area contributed by atoms with Gasteiger partial charge in [0, 0.05) is 4.47 Å². The van der Waals surface area contributed by atoms with E-state index < -0.39 is 0 Å². The van der Waals surface area contributed by atoms with Crippen LogP contribution >= 0.6 is 15.9 Å². The smallest absolute Gasteiger partial charge is 0.252 e. The van der Waals surface area contributed by atoms with Gasteiger partial charge in [0.05, 0.1) is 24.8 Å². The van der Waals surface area contributed by atoms with Crippen molar-refractivity contribution >= 4 is 27.7 Å². The quantitative estimate of drug-likeness (QED) is 0.729. The van der Waals surface area contributed by atoms with Crippen molar-refractivity contribution in [2.45, 2.75) is 19.9 Å². The standard InChI is InChI=1S/C14H19BrN2O3/c1-9(2)12(8-18)17-13(19)7-16-14(20)10-5-3-4-6-11(10)15/h3-6,9,12,18H,7-8H2,1-2H3,(H,16,20)(H,17,19)/t12-/m1/s1. The largest absolute Gasteiger partial charge is 0.394 e. The number of carbonyl (C=O) groups is 2. The Bertz CT molecular complexity index is 477. The van der Waals surface area contributed by atoms with Gasteiger partial charge in [-0.15, -0.1) is 0 Å². The fraction of sp³-hybridized carbons (Fsp3) is 0.429. The van der Waals surface area contributed by atoms with Crippen LogP contribution in [0.1, 0.15) is 24.2 Å². The monoisotopic (exact) mass is 342 g/mol. The third kappa shape index (κ3) is 4.94. The second-order valence-corrected chi connectivity index (χ2v) is 5.62. The summed E-state index contributed by atoms with van der Waals surface area (Å²) in [7, 11) is 0. The molecule has 0 aliphatic rings. The van der Waals surface area contributed by atoms with Crippen LogP contribution in [0.3, 0.4) is 0 Å². The fourth-order valence-corrected chi connectivity index (χ4v) is 2.05. The normalized spacial score (nSPS) is 12.1. The number of carbonyl (C=O) groups excluding carboxylic acids is 2. The zero-order chi connectivity index (χ0) is 15.1. The molecule has 1 atom stereocenters. The molecule has 6 heteroatoms. The molecule has 2 amide bonds. The molecule has 3 N–H and O–H groups in total. The molecular formula is C14H19BrN2O3. The van der Waals surface area contributed by atoms with E-state index in [2.05, 4.69) is 26.6 Å². The van der Waals surface area contributed by atoms with Crippen molar-refractivity contribution in [2.24, 2.45) is 5.92 Å². The van der Waals surface area contributed by atoms with Crippen molar-refractivity contribution in [3.63, 3.8) is 0 Å². The van der Waals surface area contributed by atoms with Crippen LogP contribution in [0.4, 0.5) is 0 Å². The zero-order valence-electron chi connectivity index (χ0n) is 11.5. The van der Waals surface area contributed by atoms with E-state index in [1.54, 1.807) is 18.2 Å². The van der Waals surface area contributed by atoms with Gasteiger partial charge in [-0.1, -0.05) is 26.0 Å². The third-order valence-electron chi connectivity index (χ3n) is 2.88. The second-order valence-electron chi connectivity index (χ2n) is 4.76. The number of halogens is 1. The highest BCUT2D eigenvalue weighted by Gasteiger charge is 2.16. The number of aliphatic hydroxyl groups is 1. The number of aliphatic hydroxyl groups excluding tert-OH is 1. The maximum atomic E-state index is 11.9. The summed E-state index contributed by atoms with van der Waals surface area (Å²) in [6.45, 7) is 3.56. The first kappa shape index (κ1) is 16.7. The van der Waals surface area contributed by atoms with Gasteiger partial charge in [0.15, 0.2) is 0 Å². The van der Waals surface area contributed by atoms with Crippen LogP contribution in [-0.4, -0.2) is 36.1 Å². The molecule has 1 rings (SSSR count). The summed E-state index contributed by atoms with van der Waals surface area (Å²) < 4.78 is 0.674. The number of rotatable bonds is 6. The average Bonchev–Trinajstić information content (AvgIpc) is 2.42. The Morgan fingerprint density at radius 3 is 2.50 bits per heavy atom. The highest BCUT2D eigenvalue weighted by atomic mass is 79.9. The van der Waals surface area contributed by atoms with E-state index in [1.807, 2.05) is 19.9 Å². The second kappa shape index (κ2) is 8.01. The van der Waals surface area contributed by atoms with Crippen LogP contribution in [0.5, 0.6) is 0 Å². The van der Waals surface area contributed by atoms with Crippen molar-refractivity contribution in [2.75, 3.05) is 13.2 Å². The minimum Gasteiger partial charge on any atom is -0.394 e. The Labute approximate surface area is 126 Å². The molecule has 0 bridgehead atoms. The van der Waals surface area contributed by atoms with Crippen LogP contribution in [0.2, 0.25) is 0 Å². The maximum absolute atomic E-state index is 11.9. The van der Waals surface area contributed by atoms with Gasteiger partial charge < -0.3 is 15.7 Å². The summed E-state index contributed by atoms with van der Waals surface area (Å²) >= 11 is 3.28. The van der Waals surface area contributed by atoms with Crippen molar-refractivity contribution < 1.29 is 14.7 Å². The Kier molecular flexibility index (Phi) is 6.67. The fourth-order valence-electron chi connectivity index (χ4n) is 1.58. The molecule has 0 fully saturated rings. The lowest BCUT2D eigenvalue weighted by atomic mass is 10.1. The van der Waals surface area contributed by atoms with E-state index in [0.717, 1.165) is 0 Å². The number of hydrogen-bond acceptors (Lipinski definition) is 3. The molecule has 0 aromatic heterocycles. The Morgan fingerprint density at radius 1 is 1.30 bits per heavy atom. The van der Waals surface area contributed by atoms with Crippen LogP contribution in [0.25, 0.3) is 0 Å². The van der Waals surface area contributed by atoms with Crippen molar-refractivity contribution in [3.8, 4) is 0 Å². The van der Waals surface area contributed by atoms with Gasteiger partial charge in [-0.25, -0.2) is 0 Å². The summed E-state index contributed by atoms with van der Waals surface area (Å²) in [6, 6.07) is 6.68. The molecule has 0 radical (unpaired) electrons. The maximum Gasteiger partial charge on any atom is 0.252 e. The summed E-state index contributed by atoms with van der Waals surface area (Å²) in [6.07, 6.45) is 0. The molecule has 0 spiro atoms. The molecule has 0 saturated heterocycles. The van der Waals surface area contributed by atoms with Gasteiger partial charge in [0.25, 0.3) is 5.91 Å². The van der Waals surface area contributed by atoms with Gasteiger partial charge in [0.1, 0.15) is 0 Å². The Hall–Kier alpha value is -1.40. The first-order chi connectivity index (χ1) is 9.45. The number of benzene rings is 1. The third-order valence-corrected chi connectivity index (χ3v) is 3.57. The van der Waals surface area contributed by atoms with E-state index in [9.17, 15) is 9.59 Å². The minimum atomic E-state index is -0.322. The zero-order valence-corrected chi connectivity index (χ0v) is 13.1.